The molecule has 2 aromatic carbocycles. The smallest absolute Gasteiger partial charge is 0.313 e. The zero-order valence-electron chi connectivity index (χ0n) is 16.7. The molecule has 1 heterocycles. The number of hydrogen-bond acceptors (Lipinski definition) is 6. The van der Waals surface area contributed by atoms with E-state index < -0.39 is 11.1 Å². The number of hydrogen-bond donors (Lipinski definition) is 0. The molecule has 156 valence electrons. The Morgan fingerprint density at radius 2 is 1.80 bits per heavy atom. The number of Topliss-reactive ketones (excluding diaryl/α,β-unsaturated/α-hetero) is 1. The first kappa shape index (κ1) is 21.7. The van der Waals surface area contributed by atoms with Crippen LogP contribution in [0.3, 0.4) is 0 Å². The van der Waals surface area contributed by atoms with Crippen molar-refractivity contribution in [3.8, 4) is 0 Å². The van der Waals surface area contributed by atoms with E-state index in [2.05, 4.69) is 10.2 Å². The molecule has 6 nitrogen and oxygen atoms in total. The number of carbonyl (C=O) groups excluding carboxylic acids is 2. The number of nitrogens with zero attached hydrogens (tertiary/aromatic N) is 3. The molecule has 1 atom stereocenters. The lowest BCUT2D eigenvalue weighted by molar-refractivity contribution is -0.142. The van der Waals surface area contributed by atoms with E-state index in [9.17, 15) is 14.0 Å². The Labute approximate surface area is 178 Å². The van der Waals surface area contributed by atoms with Crippen molar-refractivity contribution >= 4 is 23.5 Å². The molecule has 3 rings (SSSR count). The molecule has 0 spiro atoms. The van der Waals surface area contributed by atoms with E-state index in [1.165, 1.54) is 36.0 Å². The molecule has 1 unspecified atom stereocenters. The summed E-state index contributed by atoms with van der Waals surface area (Å²) in [5.41, 5.74) is 1.44. The van der Waals surface area contributed by atoms with E-state index in [0.29, 0.717) is 23.1 Å². The van der Waals surface area contributed by atoms with Crippen molar-refractivity contribution in [2.45, 2.75) is 37.2 Å². The number of aromatic nitrogens is 3. The second-order valence-corrected chi connectivity index (χ2v) is 7.89. The summed E-state index contributed by atoms with van der Waals surface area (Å²) in [5, 5.41) is 8.43. The van der Waals surface area contributed by atoms with Gasteiger partial charge in [0.15, 0.2) is 10.9 Å². The van der Waals surface area contributed by atoms with E-state index in [-0.39, 0.29) is 24.8 Å². The Kier molecular flexibility index (Phi) is 7.35. The van der Waals surface area contributed by atoms with E-state index in [0.717, 1.165) is 5.56 Å². The van der Waals surface area contributed by atoms with Gasteiger partial charge < -0.3 is 9.30 Å². The van der Waals surface area contributed by atoms with Gasteiger partial charge in [-0.05, 0) is 43.7 Å². The molecule has 30 heavy (non-hydrogen) atoms. The van der Waals surface area contributed by atoms with Crippen molar-refractivity contribution < 1.29 is 18.7 Å². The lowest BCUT2D eigenvalue weighted by Gasteiger charge is -2.13. The molecule has 0 aliphatic rings. The third-order valence-corrected chi connectivity index (χ3v) is 5.45. The summed E-state index contributed by atoms with van der Waals surface area (Å²) < 4.78 is 20.0. The summed E-state index contributed by atoms with van der Waals surface area (Å²) in [6.07, 6.45) is -0.00543. The van der Waals surface area contributed by atoms with Gasteiger partial charge in [0.05, 0.1) is 18.4 Å². The van der Waals surface area contributed by atoms with Gasteiger partial charge in [0.25, 0.3) is 0 Å². The van der Waals surface area contributed by atoms with Crippen LogP contribution >= 0.6 is 11.8 Å². The normalized spacial score (nSPS) is 11.8. The van der Waals surface area contributed by atoms with E-state index in [4.69, 9.17) is 4.74 Å². The molecular weight excluding hydrogens is 405 g/mol. The van der Waals surface area contributed by atoms with Gasteiger partial charge in [0, 0.05) is 5.56 Å². The van der Waals surface area contributed by atoms with Gasteiger partial charge in [-0.2, -0.15) is 0 Å². The Bertz CT molecular complexity index is 1010. The Balaban J connectivity index is 1.83. The van der Waals surface area contributed by atoms with Crippen LogP contribution in [0, 0.1) is 5.82 Å². The lowest BCUT2D eigenvalue weighted by atomic mass is 10.1. The van der Waals surface area contributed by atoms with Gasteiger partial charge in [0.1, 0.15) is 18.1 Å². The summed E-state index contributed by atoms with van der Waals surface area (Å²) in [4.78, 5) is 24.7. The van der Waals surface area contributed by atoms with Crippen LogP contribution in [0.1, 0.15) is 35.6 Å². The maximum Gasteiger partial charge on any atom is 0.313 e. The number of esters is 1. The second kappa shape index (κ2) is 10.2. The quantitative estimate of drug-likeness (QED) is 0.293. The largest absolute Gasteiger partial charge is 0.466 e. The number of benzene rings is 2. The minimum absolute atomic E-state index is 0.00543. The third-order valence-electron chi connectivity index (χ3n) is 4.36. The second-order valence-electron chi connectivity index (χ2n) is 6.58. The number of ether oxygens (including phenoxy) is 1. The maximum absolute atomic E-state index is 13.1. The fourth-order valence-corrected chi connectivity index (χ4v) is 3.81. The van der Waals surface area contributed by atoms with Crippen molar-refractivity contribution in [1.82, 2.24) is 14.8 Å². The Hall–Kier alpha value is -3.00. The van der Waals surface area contributed by atoms with Gasteiger partial charge in [-0.3, -0.25) is 9.59 Å². The van der Waals surface area contributed by atoms with Crippen LogP contribution < -0.4 is 0 Å². The minimum Gasteiger partial charge on any atom is -0.466 e. The number of rotatable bonds is 9. The van der Waals surface area contributed by atoms with Crippen LogP contribution in [0.4, 0.5) is 4.39 Å². The summed E-state index contributed by atoms with van der Waals surface area (Å²) in [6, 6.07) is 15.2. The molecular formula is C22H22FN3O3S. The van der Waals surface area contributed by atoms with Crippen molar-refractivity contribution in [2.24, 2.45) is 0 Å². The standard InChI is InChI=1S/C22H22FN3O3S/c1-3-29-20(27)13-19-24-25-22(26(19)14-16-7-5-4-6-8-16)30-15(2)21(28)17-9-11-18(23)12-10-17/h4-12,15H,3,13-14H2,1-2H3. The lowest BCUT2D eigenvalue weighted by Crippen LogP contribution is -2.17. The average Bonchev–Trinajstić information content (AvgIpc) is 3.09. The number of ketones is 1. The number of thioether (sulfide) groups is 1. The molecule has 0 aliphatic carbocycles. The zero-order chi connectivity index (χ0) is 21.5. The van der Waals surface area contributed by atoms with Gasteiger partial charge in [-0.15, -0.1) is 10.2 Å². The van der Waals surface area contributed by atoms with Gasteiger partial charge in [0.2, 0.25) is 0 Å². The highest BCUT2D eigenvalue weighted by molar-refractivity contribution is 8.00. The van der Waals surface area contributed by atoms with E-state index in [1.807, 2.05) is 34.9 Å². The summed E-state index contributed by atoms with van der Waals surface area (Å²) >= 11 is 1.25. The number of carbonyl (C=O) groups is 2. The van der Waals surface area contributed by atoms with Crippen LogP contribution in [0.2, 0.25) is 0 Å². The molecule has 0 amide bonds. The van der Waals surface area contributed by atoms with E-state index >= 15 is 0 Å². The van der Waals surface area contributed by atoms with Crippen molar-refractivity contribution in [2.75, 3.05) is 6.61 Å². The zero-order valence-corrected chi connectivity index (χ0v) is 17.6. The van der Waals surface area contributed by atoms with Crippen molar-refractivity contribution in [3.63, 3.8) is 0 Å². The number of halogens is 1. The van der Waals surface area contributed by atoms with Crippen LogP contribution in [0.5, 0.6) is 0 Å². The molecule has 0 aliphatic heterocycles. The highest BCUT2D eigenvalue weighted by Crippen LogP contribution is 2.26. The first-order chi connectivity index (χ1) is 14.5. The van der Waals surface area contributed by atoms with Crippen molar-refractivity contribution in [1.29, 1.82) is 0 Å². The van der Waals surface area contributed by atoms with Crippen LogP contribution in [-0.2, 0) is 22.5 Å². The molecule has 0 N–H and O–H groups in total. The van der Waals surface area contributed by atoms with Gasteiger partial charge in [-0.25, -0.2) is 4.39 Å². The Morgan fingerprint density at radius 3 is 2.47 bits per heavy atom. The minimum atomic E-state index is -0.468. The predicted octanol–water partition coefficient (Wildman–Crippen LogP) is 3.93. The summed E-state index contributed by atoms with van der Waals surface area (Å²) in [7, 11) is 0. The van der Waals surface area contributed by atoms with Crippen LogP contribution in [0.25, 0.3) is 0 Å². The van der Waals surface area contributed by atoms with Crippen LogP contribution in [-0.4, -0.2) is 38.4 Å². The van der Waals surface area contributed by atoms with Gasteiger partial charge in [-0.1, -0.05) is 42.1 Å². The predicted molar refractivity (Wildman–Crippen MR) is 112 cm³/mol. The van der Waals surface area contributed by atoms with Gasteiger partial charge >= 0.3 is 5.97 Å². The first-order valence-electron chi connectivity index (χ1n) is 9.56. The maximum atomic E-state index is 13.1. The average molecular weight is 428 g/mol. The molecule has 8 heteroatoms. The highest BCUT2D eigenvalue weighted by Gasteiger charge is 2.22. The molecule has 0 saturated carbocycles. The Morgan fingerprint density at radius 1 is 1.10 bits per heavy atom. The molecule has 0 saturated heterocycles. The fraction of sp³-hybridized carbons (Fsp3) is 0.273. The van der Waals surface area contributed by atoms with E-state index in [1.54, 1.807) is 13.8 Å². The molecule has 3 aromatic rings. The monoisotopic (exact) mass is 427 g/mol. The third kappa shape index (κ3) is 5.54. The van der Waals surface area contributed by atoms with Crippen LogP contribution in [0.15, 0.2) is 59.8 Å². The fourth-order valence-electron chi connectivity index (χ4n) is 2.86. The molecule has 0 radical (unpaired) electrons. The highest BCUT2D eigenvalue weighted by atomic mass is 32.2. The summed E-state index contributed by atoms with van der Waals surface area (Å²) in [6.45, 7) is 4.26. The summed E-state index contributed by atoms with van der Waals surface area (Å²) in [5.74, 6) is -0.438. The topological polar surface area (TPSA) is 74.1 Å². The first-order valence-corrected chi connectivity index (χ1v) is 10.4. The SMILES string of the molecule is CCOC(=O)Cc1nnc(SC(C)C(=O)c2ccc(F)cc2)n1Cc1ccccc1. The molecule has 0 bridgehead atoms. The van der Waals surface area contributed by atoms with Crippen molar-refractivity contribution in [3.05, 3.63) is 77.4 Å². The molecule has 0 fully saturated rings. The molecule has 1 aromatic heterocycles.